The Hall–Kier alpha value is -1.76. The summed E-state index contributed by atoms with van der Waals surface area (Å²) in [5, 5.41) is 2.82. The third-order valence-electron chi connectivity index (χ3n) is 5.61. The topological polar surface area (TPSA) is 35.6 Å². The first-order valence-electron chi connectivity index (χ1n) is 9.71. The van der Waals surface area contributed by atoms with Crippen LogP contribution in [0.25, 0.3) is 0 Å². The Morgan fingerprint density at radius 1 is 1.19 bits per heavy atom. The maximum atomic E-state index is 12.9. The molecule has 4 nitrogen and oxygen atoms in total. The maximum absolute atomic E-state index is 12.9. The number of benzene rings is 1. The van der Waals surface area contributed by atoms with Crippen molar-refractivity contribution in [1.29, 1.82) is 0 Å². The first kappa shape index (κ1) is 20.0. The molecule has 0 radical (unpaired) electrons. The van der Waals surface area contributed by atoms with Crippen LogP contribution in [0.15, 0.2) is 24.3 Å². The van der Waals surface area contributed by atoms with Crippen LogP contribution in [-0.2, 0) is 4.79 Å². The highest BCUT2D eigenvalue weighted by Gasteiger charge is 2.42. The monoisotopic (exact) mass is 383 g/mol. The van der Waals surface area contributed by atoms with Gasteiger partial charge in [0, 0.05) is 37.9 Å². The van der Waals surface area contributed by atoms with Crippen LogP contribution in [0.2, 0.25) is 0 Å². The van der Waals surface area contributed by atoms with E-state index >= 15 is 0 Å². The summed E-state index contributed by atoms with van der Waals surface area (Å²) < 4.78 is 38.7. The highest BCUT2D eigenvalue weighted by molar-refractivity contribution is 5.78. The molecule has 1 saturated heterocycles. The molecule has 3 rings (SSSR count). The first-order chi connectivity index (χ1) is 12.8. The van der Waals surface area contributed by atoms with Gasteiger partial charge in [0.2, 0.25) is 5.91 Å². The predicted molar refractivity (Wildman–Crippen MR) is 99.8 cm³/mol. The minimum atomic E-state index is -4.16. The van der Waals surface area contributed by atoms with Crippen LogP contribution < -0.4 is 10.2 Å². The number of rotatable bonds is 4. The van der Waals surface area contributed by atoms with Crippen LogP contribution in [0.4, 0.5) is 18.9 Å². The van der Waals surface area contributed by atoms with E-state index in [0.717, 1.165) is 26.2 Å². The fourth-order valence-electron chi connectivity index (χ4n) is 4.08. The zero-order valence-corrected chi connectivity index (χ0v) is 15.8. The molecule has 0 unspecified atom stereocenters. The summed E-state index contributed by atoms with van der Waals surface area (Å²) >= 11 is 0. The van der Waals surface area contributed by atoms with Crippen molar-refractivity contribution in [1.82, 2.24) is 10.2 Å². The third kappa shape index (κ3) is 5.61. The Kier molecular flexibility index (Phi) is 6.29. The number of nitrogens with zero attached hydrogens (tertiary/aromatic N) is 2. The van der Waals surface area contributed by atoms with Gasteiger partial charge in [-0.15, -0.1) is 0 Å². The van der Waals surface area contributed by atoms with Gasteiger partial charge in [0.05, 0.1) is 12.5 Å². The van der Waals surface area contributed by atoms with E-state index in [-0.39, 0.29) is 31.3 Å². The van der Waals surface area contributed by atoms with E-state index in [2.05, 4.69) is 40.2 Å². The van der Waals surface area contributed by atoms with Crippen molar-refractivity contribution in [2.75, 3.05) is 37.6 Å². The molecule has 2 fully saturated rings. The molecular formula is C20H28F3N3O. The van der Waals surface area contributed by atoms with Crippen LogP contribution in [0.3, 0.4) is 0 Å². The number of halogens is 3. The molecule has 1 aromatic rings. The molecule has 1 saturated carbocycles. The fraction of sp³-hybridized carbons (Fsp3) is 0.650. The molecule has 1 aliphatic heterocycles. The molecule has 2 atom stereocenters. The lowest BCUT2D eigenvalue weighted by molar-refractivity contribution is -0.184. The zero-order valence-electron chi connectivity index (χ0n) is 15.8. The zero-order chi connectivity index (χ0) is 19.4. The highest BCUT2D eigenvalue weighted by atomic mass is 19.4. The quantitative estimate of drug-likeness (QED) is 0.866. The van der Waals surface area contributed by atoms with Gasteiger partial charge in [-0.25, -0.2) is 0 Å². The molecule has 1 aliphatic carbocycles. The third-order valence-corrected chi connectivity index (χ3v) is 5.61. The minimum Gasteiger partial charge on any atom is -0.369 e. The van der Waals surface area contributed by atoms with Gasteiger partial charge in [0.25, 0.3) is 0 Å². The SMILES string of the molecule is Cc1cccc(N2CCN(CC(=O)N[C@H]3CCC[C@@H](C(F)(F)F)C3)CC2)c1. The number of hydrogen-bond donors (Lipinski definition) is 1. The molecule has 0 aromatic heterocycles. The van der Waals surface area contributed by atoms with Crippen LogP contribution in [-0.4, -0.2) is 55.7 Å². The number of piperazine rings is 1. The Balaban J connectivity index is 1.43. The van der Waals surface area contributed by atoms with Crippen molar-refractivity contribution >= 4 is 11.6 Å². The second-order valence-electron chi connectivity index (χ2n) is 7.77. The van der Waals surface area contributed by atoms with Gasteiger partial charge < -0.3 is 10.2 Å². The van der Waals surface area contributed by atoms with Crippen molar-refractivity contribution in [2.45, 2.75) is 44.8 Å². The summed E-state index contributed by atoms with van der Waals surface area (Å²) in [4.78, 5) is 16.7. The highest BCUT2D eigenvalue weighted by Crippen LogP contribution is 2.37. The second-order valence-corrected chi connectivity index (χ2v) is 7.77. The second kappa shape index (κ2) is 8.50. The summed E-state index contributed by atoms with van der Waals surface area (Å²) in [6.07, 6.45) is -2.81. The van der Waals surface area contributed by atoms with Crippen molar-refractivity contribution < 1.29 is 18.0 Å². The van der Waals surface area contributed by atoms with E-state index in [1.165, 1.54) is 11.3 Å². The van der Waals surface area contributed by atoms with E-state index in [9.17, 15) is 18.0 Å². The number of hydrogen-bond acceptors (Lipinski definition) is 3. The van der Waals surface area contributed by atoms with Gasteiger partial charge in [-0.05, 0) is 43.9 Å². The molecule has 7 heteroatoms. The lowest BCUT2D eigenvalue weighted by atomic mass is 9.85. The maximum Gasteiger partial charge on any atom is 0.391 e. The van der Waals surface area contributed by atoms with Gasteiger partial charge in [-0.3, -0.25) is 9.69 Å². The van der Waals surface area contributed by atoms with Crippen LogP contribution in [0.5, 0.6) is 0 Å². The first-order valence-corrected chi connectivity index (χ1v) is 9.71. The van der Waals surface area contributed by atoms with Gasteiger partial charge in [-0.2, -0.15) is 13.2 Å². The summed E-state index contributed by atoms with van der Waals surface area (Å²) in [6.45, 7) is 5.56. The molecule has 150 valence electrons. The molecule has 1 heterocycles. The Bertz CT molecular complexity index is 642. The fourth-order valence-corrected chi connectivity index (χ4v) is 4.08. The molecular weight excluding hydrogens is 355 g/mol. The van der Waals surface area contributed by atoms with Crippen molar-refractivity contribution in [2.24, 2.45) is 5.92 Å². The standard InChI is InChI=1S/C20H28F3N3O/c1-15-4-2-7-18(12-15)26-10-8-25(9-11-26)14-19(27)24-17-6-3-5-16(13-17)20(21,22)23/h2,4,7,12,16-17H,3,5-6,8-11,13-14H2,1H3,(H,24,27)/t16-,17+/m1/s1. The number of nitrogens with one attached hydrogen (secondary N) is 1. The number of carbonyl (C=O) groups is 1. The van der Waals surface area contributed by atoms with E-state index in [0.29, 0.717) is 12.8 Å². The van der Waals surface area contributed by atoms with Gasteiger partial charge in [-0.1, -0.05) is 18.6 Å². The van der Waals surface area contributed by atoms with Crippen LogP contribution in [0.1, 0.15) is 31.2 Å². The van der Waals surface area contributed by atoms with E-state index in [4.69, 9.17) is 0 Å². The van der Waals surface area contributed by atoms with E-state index in [1.807, 2.05) is 6.07 Å². The lowest BCUT2D eigenvalue weighted by Gasteiger charge is -2.36. The molecule has 0 spiro atoms. The number of amides is 1. The van der Waals surface area contributed by atoms with Crippen molar-refractivity contribution in [3.05, 3.63) is 29.8 Å². The predicted octanol–water partition coefficient (Wildman–Crippen LogP) is 3.35. The smallest absolute Gasteiger partial charge is 0.369 e. The number of anilines is 1. The van der Waals surface area contributed by atoms with Gasteiger partial charge in [0.15, 0.2) is 0 Å². The summed E-state index contributed by atoms with van der Waals surface area (Å²) in [7, 11) is 0. The molecule has 27 heavy (non-hydrogen) atoms. The molecule has 1 amide bonds. The van der Waals surface area contributed by atoms with Crippen molar-refractivity contribution in [3.8, 4) is 0 Å². The Morgan fingerprint density at radius 2 is 1.93 bits per heavy atom. The number of alkyl halides is 3. The summed E-state index contributed by atoms with van der Waals surface area (Å²) in [6, 6.07) is 8.01. The largest absolute Gasteiger partial charge is 0.391 e. The Labute approximate surface area is 158 Å². The van der Waals surface area contributed by atoms with Crippen LogP contribution in [0, 0.1) is 12.8 Å². The summed E-state index contributed by atoms with van der Waals surface area (Å²) in [5.41, 5.74) is 2.42. The molecule has 0 bridgehead atoms. The van der Waals surface area contributed by atoms with Gasteiger partial charge in [0.1, 0.15) is 0 Å². The average Bonchev–Trinajstić information content (AvgIpc) is 2.62. The average molecular weight is 383 g/mol. The normalized spacial score (nSPS) is 24.7. The number of carbonyl (C=O) groups excluding carboxylic acids is 1. The lowest BCUT2D eigenvalue weighted by Crippen LogP contribution is -2.51. The minimum absolute atomic E-state index is 0.0103. The van der Waals surface area contributed by atoms with E-state index < -0.39 is 12.1 Å². The Morgan fingerprint density at radius 3 is 2.59 bits per heavy atom. The molecule has 1 N–H and O–H groups in total. The molecule has 1 aromatic carbocycles. The number of aryl methyl sites for hydroxylation is 1. The van der Waals surface area contributed by atoms with Crippen LogP contribution >= 0.6 is 0 Å². The summed E-state index contributed by atoms with van der Waals surface area (Å²) in [5.74, 6) is -1.44. The molecule has 2 aliphatic rings. The van der Waals surface area contributed by atoms with Crippen molar-refractivity contribution in [3.63, 3.8) is 0 Å². The van der Waals surface area contributed by atoms with Gasteiger partial charge >= 0.3 is 6.18 Å². The van der Waals surface area contributed by atoms with E-state index in [1.54, 1.807) is 0 Å².